The Kier molecular flexibility index (Phi) is 4.27. The Labute approximate surface area is 113 Å². The zero-order valence-corrected chi connectivity index (χ0v) is 11.1. The van der Waals surface area contributed by atoms with E-state index in [9.17, 15) is 4.79 Å². The van der Waals surface area contributed by atoms with Crippen molar-refractivity contribution < 1.29 is 14.6 Å². The van der Waals surface area contributed by atoms with E-state index in [2.05, 4.69) is 4.90 Å². The second kappa shape index (κ2) is 5.93. The number of esters is 1. The Morgan fingerprint density at radius 1 is 1.58 bits per heavy atom. The number of nitrogens with two attached hydrogens (primary N) is 1. The van der Waals surface area contributed by atoms with Crippen LogP contribution in [-0.2, 0) is 4.74 Å². The number of hydrogen-bond donors (Lipinski definition) is 2. The van der Waals surface area contributed by atoms with Gasteiger partial charge in [-0.05, 0) is 37.0 Å². The standard InChI is InChI=1S/C14H20N2O3/c1-19-14(18)11-2-3-12(15)13(8-11)16-6-4-10(9-16)5-7-17/h2-3,8,10,17H,4-7,9,15H2,1H3. The van der Waals surface area contributed by atoms with Gasteiger partial charge in [0, 0.05) is 19.7 Å². The summed E-state index contributed by atoms with van der Waals surface area (Å²) in [5.74, 6) is 0.138. The van der Waals surface area contributed by atoms with Crippen LogP contribution in [0.15, 0.2) is 18.2 Å². The Morgan fingerprint density at radius 2 is 2.37 bits per heavy atom. The second-order valence-electron chi connectivity index (χ2n) is 4.88. The van der Waals surface area contributed by atoms with E-state index in [1.165, 1.54) is 7.11 Å². The van der Waals surface area contributed by atoms with Crippen molar-refractivity contribution in [2.45, 2.75) is 12.8 Å². The molecule has 104 valence electrons. The number of hydrogen-bond acceptors (Lipinski definition) is 5. The molecule has 1 unspecified atom stereocenters. The molecular weight excluding hydrogens is 244 g/mol. The van der Waals surface area contributed by atoms with Gasteiger partial charge in [-0.15, -0.1) is 0 Å². The summed E-state index contributed by atoms with van der Waals surface area (Å²) >= 11 is 0. The van der Waals surface area contributed by atoms with Crippen molar-refractivity contribution in [3.63, 3.8) is 0 Å². The van der Waals surface area contributed by atoms with E-state index in [1.807, 2.05) is 0 Å². The molecule has 5 nitrogen and oxygen atoms in total. The summed E-state index contributed by atoms with van der Waals surface area (Å²) in [6.07, 6.45) is 1.86. The Hall–Kier alpha value is -1.75. The van der Waals surface area contributed by atoms with Gasteiger partial charge < -0.3 is 20.5 Å². The molecule has 1 aromatic carbocycles. The minimum absolute atomic E-state index is 0.218. The zero-order valence-electron chi connectivity index (χ0n) is 11.1. The van der Waals surface area contributed by atoms with Crippen LogP contribution in [0, 0.1) is 5.92 Å². The molecule has 1 fully saturated rings. The molecule has 1 aromatic rings. The van der Waals surface area contributed by atoms with Gasteiger partial charge in [0.25, 0.3) is 0 Å². The molecular formula is C14H20N2O3. The SMILES string of the molecule is COC(=O)c1ccc(N)c(N2CCC(CCO)C2)c1. The molecule has 0 saturated carbocycles. The van der Waals surface area contributed by atoms with Gasteiger partial charge in [-0.25, -0.2) is 4.79 Å². The number of nitrogens with zero attached hydrogens (tertiary/aromatic N) is 1. The van der Waals surface area contributed by atoms with Gasteiger partial charge in [-0.2, -0.15) is 0 Å². The first-order valence-electron chi connectivity index (χ1n) is 6.49. The third kappa shape index (κ3) is 2.98. The molecule has 0 amide bonds. The van der Waals surface area contributed by atoms with Crippen molar-refractivity contribution in [2.75, 3.05) is 37.4 Å². The quantitative estimate of drug-likeness (QED) is 0.632. The Morgan fingerprint density at radius 3 is 3.05 bits per heavy atom. The predicted molar refractivity (Wildman–Crippen MR) is 74.2 cm³/mol. The fourth-order valence-electron chi connectivity index (χ4n) is 2.53. The average molecular weight is 264 g/mol. The lowest BCUT2D eigenvalue weighted by atomic mass is 10.1. The van der Waals surface area contributed by atoms with Crippen LogP contribution in [0.2, 0.25) is 0 Å². The molecule has 0 spiro atoms. The summed E-state index contributed by atoms with van der Waals surface area (Å²) in [7, 11) is 1.37. The lowest BCUT2D eigenvalue weighted by Crippen LogP contribution is -2.21. The van der Waals surface area contributed by atoms with Gasteiger partial charge in [-0.1, -0.05) is 0 Å². The lowest BCUT2D eigenvalue weighted by Gasteiger charge is -2.21. The third-order valence-electron chi connectivity index (χ3n) is 3.62. The molecule has 1 atom stereocenters. The van der Waals surface area contributed by atoms with E-state index in [0.717, 1.165) is 31.6 Å². The number of nitrogen functional groups attached to an aromatic ring is 1. The van der Waals surface area contributed by atoms with Crippen LogP contribution in [-0.4, -0.2) is 37.9 Å². The minimum atomic E-state index is -0.354. The van der Waals surface area contributed by atoms with Crippen LogP contribution in [0.5, 0.6) is 0 Å². The van der Waals surface area contributed by atoms with Gasteiger partial charge in [0.1, 0.15) is 0 Å². The normalized spacial score (nSPS) is 18.6. The number of aliphatic hydroxyl groups is 1. The molecule has 1 heterocycles. The topological polar surface area (TPSA) is 75.8 Å². The summed E-state index contributed by atoms with van der Waals surface area (Å²) in [6.45, 7) is 1.99. The molecule has 0 aliphatic carbocycles. The van der Waals surface area contributed by atoms with Crippen LogP contribution in [0.25, 0.3) is 0 Å². The largest absolute Gasteiger partial charge is 0.465 e. The van der Waals surface area contributed by atoms with Crippen molar-refractivity contribution in [2.24, 2.45) is 5.92 Å². The molecule has 1 saturated heterocycles. The molecule has 2 rings (SSSR count). The molecule has 1 aliphatic heterocycles. The van der Waals surface area contributed by atoms with Crippen LogP contribution in [0.4, 0.5) is 11.4 Å². The lowest BCUT2D eigenvalue weighted by molar-refractivity contribution is 0.0601. The highest BCUT2D eigenvalue weighted by Gasteiger charge is 2.24. The maximum Gasteiger partial charge on any atom is 0.337 e. The number of aliphatic hydroxyl groups excluding tert-OH is 1. The fraction of sp³-hybridized carbons (Fsp3) is 0.500. The van der Waals surface area contributed by atoms with Gasteiger partial charge in [0.15, 0.2) is 0 Å². The number of methoxy groups -OCH3 is 1. The summed E-state index contributed by atoms with van der Waals surface area (Å²) in [5.41, 5.74) is 8.04. The number of rotatable bonds is 4. The highest BCUT2D eigenvalue weighted by Crippen LogP contribution is 2.31. The van der Waals surface area contributed by atoms with E-state index in [-0.39, 0.29) is 12.6 Å². The molecule has 1 aliphatic rings. The summed E-state index contributed by atoms with van der Waals surface area (Å²) in [6, 6.07) is 5.19. The maximum absolute atomic E-state index is 11.5. The van der Waals surface area contributed by atoms with Crippen LogP contribution < -0.4 is 10.6 Å². The summed E-state index contributed by atoms with van der Waals surface area (Å²) < 4.78 is 4.72. The smallest absolute Gasteiger partial charge is 0.337 e. The number of anilines is 2. The summed E-state index contributed by atoms with van der Waals surface area (Å²) in [5, 5.41) is 8.98. The van der Waals surface area contributed by atoms with Crippen molar-refractivity contribution in [3.05, 3.63) is 23.8 Å². The maximum atomic E-state index is 11.5. The number of ether oxygens (including phenoxy) is 1. The van der Waals surface area contributed by atoms with E-state index in [4.69, 9.17) is 15.6 Å². The average Bonchev–Trinajstić information content (AvgIpc) is 2.87. The number of benzene rings is 1. The van der Waals surface area contributed by atoms with Crippen LogP contribution >= 0.6 is 0 Å². The first kappa shape index (κ1) is 13.7. The highest BCUT2D eigenvalue weighted by molar-refractivity contribution is 5.92. The number of carbonyl (C=O) groups excluding carboxylic acids is 1. The first-order valence-corrected chi connectivity index (χ1v) is 6.49. The minimum Gasteiger partial charge on any atom is -0.465 e. The van der Waals surface area contributed by atoms with Crippen molar-refractivity contribution in [1.29, 1.82) is 0 Å². The van der Waals surface area contributed by atoms with E-state index in [1.54, 1.807) is 18.2 Å². The molecule has 3 N–H and O–H groups in total. The first-order chi connectivity index (χ1) is 9.15. The van der Waals surface area contributed by atoms with Gasteiger partial charge >= 0.3 is 5.97 Å². The van der Waals surface area contributed by atoms with Crippen molar-refractivity contribution in [3.8, 4) is 0 Å². The van der Waals surface area contributed by atoms with Crippen molar-refractivity contribution >= 4 is 17.3 Å². The molecule has 0 bridgehead atoms. The number of carbonyl (C=O) groups is 1. The molecule has 19 heavy (non-hydrogen) atoms. The molecule has 0 radical (unpaired) electrons. The van der Waals surface area contributed by atoms with Crippen molar-refractivity contribution in [1.82, 2.24) is 0 Å². The molecule has 0 aromatic heterocycles. The van der Waals surface area contributed by atoms with Crippen LogP contribution in [0.3, 0.4) is 0 Å². The second-order valence-corrected chi connectivity index (χ2v) is 4.88. The van der Waals surface area contributed by atoms with Crippen LogP contribution in [0.1, 0.15) is 23.2 Å². The third-order valence-corrected chi connectivity index (χ3v) is 3.62. The zero-order chi connectivity index (χ0) is 13.8. The van der Waals surface area contributed by atoms with E-state index >= 15 is 0 Å². The van der Waals surface area contributed by atoms with Gasteiger partial charge in [0.2, 0.25) is 0 Å². The van der Waals surface area contributed by atoms with E-state index in [0.29, 0.717) is 17.2 Å². The predicted octanol–water partition coefficient (Wildman–Crippen LogP) is 1.26. The van der Waals surface area contributed by atoms with E-state index < -0.39 is 0 Å². The van der Waals surface area contributed by atoms with Gasteiger partial charge in [0.05, 0.1) is 24.0 Å². The molecule has 5 heteroatoms. The van der Waals surface area contributed by atoms with Gasteiger partial charge in [-0.3, -0.25) is 0 Å². The summed E-state index contributed by atoms with van der Waals surface area (Å²) in [4.78, 5) is 13.7. The Balaban J connectivity index is 2.18. The highest BCUT2D eigenvalue weighted by atomic mass is 16.5. The fourth-order valence-corrected chi connectivity index (χ4v) is 2.53. The Bertz CT molecular complexity index is 462. The monoisotopic (exact) mass is 264 g/mol.